The number of rotatable bonds is 12. The number of anilines is 1. The molecular weight excluding hydrogens is 534 g/mol. The first-order valence-corrected chi connectivity index (χ1v) is 14.9. The van der Waals surface area contributed by atoms with Crippen molar-refractivity contribution in [3.63, 3.8) is 0 Å². The van der Waals surface area contributed by atoms with E-state index in [4.69, 9.17) is 11.6 Å². The lowest BCUT2D eigenvalue weighted by molar-refractivity contribution is -0.140. The fourth-order valence-corrected chi connectivity index (χ4v) is 5.83. The Morgan fingerprint density at radius 3 is 2.05 bits per heavy atom. The van der Waals surface area contributed by atoms with Gasteiger partial charge in [-0.1, -0.05) is 74.8 Å². The predicted molar refractivity (Wildman–Crippen MR) is 156 cm³/mol. The molecule has 3 rings (SSSR count). The Hall–Kier alpha value is -3.36. The molecule has 1 N–H and O–H groups in total. The molecule has 0 spiro atoms. The van der Waals surface area contributed by atoms with Crippen molar-refractivity contribution in [1.29, 1.82) is 0 Å². The fraction of sp³-hybridized carbons (Fsp3) is 0.333. The monoisotopic (exact) mass is 569 g/mol. The van der Waals surface area contributed by atoms with E-state index < -0.39 is 28.5 Å². The highest BCUT2D eigenvalue weighted by Crippen LogP contribution is 2.27. The molecule has 2 amide bonds. The van der Waals surface area contributed by atoms with Crippen molar-refractivity contribution in [1.82, 2.24) is 10.2 Å². The molecule has 0 aliphatic heterocycles. The zero-order valence-corrected chi connectivity index (χ0v) is 24.4. The number of nitrogens with zero attached hydrogens (tertiary/aromatic N) is 2. The third-order valence-corrected chi connectivity index (χ3v) is 8.50. The van der Waals surface area contributed by atoms with Crippen molar-refractivity contribution in [2.75, 3.05) is 17.4 Å². The topological polar surface area (TPSA) is 86.8 Å². The van der Waals surface area contributed by atoms with E-state index in [0.29, 0.717) is 23.7 Å². The third kappa shape index (κ3) is 7.61. The average Bonchev–Trinajstić information content (AvgIpc) is 2.93. The molecule has 0 saturated carbocycles. The Morgan fingerprint density at radius 2 is 1.51 bits per heavy atom. The SMILES string of the molecule is CCNC(=O)[C@@H](CC)N(Cc1ccc(Cl)cc1)C(=O)CN(c1ccc(C(C)C)cc1)S(=O)(=O)c1ccccc1. The number of likely N-dealkylation sites (N-methyl/N-ethyl adjacent to an activating group) is 1. The lowest BCUT2D eigenvalue weighted by Gasteiger charge is -2.33. The van der Waals surface area contributed by atoms with Crippen LogP contribution in [-0.4, -0.2) is 44.3 Å². The van der Waals surface area contributed by atoms with E-state index in [2.05, 4.69) is 19.2 Å². The molecule has 1 atom stereocenters. The molecule has 208 valence electrons. The maximum Gasteiger partial charge on any atom is 0.264 e. The summed E-state index contributed by atoms with van der Waals surface area (Å²) in [4.78, 5) is 28.5. The van der Waals surface area contributed by atoms with Gasteiger partial charge in [-0.3, -0.25) is 13.9 Å². The second kappa shape index (κ2) is 13.6. The molecule has 9 heteroatoms. The maximum atomic E-state index is 14.0. The number of carbonyl (C=O) groups is 2. The van der Waals surface area contributed by atoms with Crippen LogP contribution in [-0.2, 0) is 26.2 Å². The van der Waals surface area contributed by atoms with Crippen molar-refractivity contribution in [2.24, 2.45) is 0 Å². The highest BCUT2D eigenvalue weighted by atomic mass is 35.5. The first kappa shape index (κ1) is 30.2. The molecule has 0 heterocycles. The van der Waals surface area contributed by atoms with E-state index >= 15 is 0 Å². The first-order valence-electron chi connectivity index (χ1n) is 13.1. The van der Waals surface area contributed by atoms with Gasteiger partial charge >= 0.3 is 0 Å². The van der Waals surface area contributed by atoms with Crippen LogP contribution < -0.4 is 9.62 Å². The molecule has 0 radical (unpaired) electrons. The largest absolute Gasteiger partial charge is 0.355 e. The summed E-state index contributed by atoms with van der Waals surface area (Å²) in [6, 6.07) is 21.4. The van der Waals surface area contributed by atoms with Gasteiger partial charge in [0, 0.05) is 18.1 Å². The summed E-state index contributed by atoms with van der Waals surface area (Å²) in [6.07, 6.45) is 0.361. The van der Waals surface area contributed by atoms with Gasteiger partial charge in [0.2, 0.25) is 11.8 Å². The lowest BCUT2D eigenvalue weighted by Crippen LogP contribution is -2.52. The summed E-state index contributed by atoms with van der Waals surface area (Å²) in [5.41, 5.74) is 2.19. The van der Waals surface area contributed by atoms with Gasteiger partial charge < -0.3 is 10.2 Å². The summed E-state index contributed by atoms with van der Waals surface area (Å²) >= 11 is 6.05. The van der Waals surface area contributed by atoms with Crippen LogP contribution in [0.3, 0.4) is 0 Å². The Bertz CT molecular complexity index is 1350. The molecular formula is C30H36ClN3O4S. The van der Waals surface area contributed by atoms with Crippen LogP contribution >= 0.6 is 11.6 Å². The summed E-state index contributed by atoms with van der Waals surface area (Å²) in [7, 11) is -4.09. The van der Waals surface area contributed by atoms with Crippen LogP contribution in [0.1, 0.15) is 51.2 Å². The van der Waals surface area contributed by atoms with E-state index in [0.717, 1.165) is 15.4 Å². The molecule has 0 aliphatic rings. The van der Waals surface area contributed by atoms with Gasteiger partial charge in [-0.05, 0) is 66.8 Å². The Kier molecular flexibility index (Phi) is 10.5. The second-order valence-electron chi connectivity index (χ2n) is 9.54. The Labute approximate surface area is 236 Å². The van der Waals surface area contributed by atoms with Crippen LogP contribution in [0, 0.1) is 0 Å². The number of hydrogen-bond donors (Lipinski definition) is 1. The molecule has 7 nitrogen and oxygen atoms in total. The number of nitrogens with one attached hydrogen (secondary N) is 1. The molecule has 3 aromatic rings. The van der Waals surface area contributed by atoms with Gasteiger partial charge in [0.05, 0.1) is 10.6 Å². The second-order valence-corrected chi connectivity index (χ2v) is 11.8. The Balaban J connectivity index is 2.05. The van der Waals surface area contributed by atoms with E-state index in [1.807, 2.05) is 26.0 Å². The van der Waals surface area contributed by atoms with Crippen molar-refractivity contribution >= 4 is 39.1 Å². The van der Waals surface area contributed by atoms with Gasteiger partial charge in [0.1, 0.15) is 12.6 Å². The summed E-state index contributed by atoms with van der Waals surface area (Å²) in [5, 5.41) is 3.35. The summed E-state index contributed by atoms with van der Waals surface area (Å²) in [5.74, 6) is -0.520. The minimum absolute atomic E-state index is 0.0748. The van der Waals surface area contributed by atoms with Crippen LogP contribution in [0.2, 0.25) is 5.02 Å². The van der Waals surface area contributed by atoms with Crippen LogP contribution in [0.25, 0.3) is 0 Å². The summed E-state index contributed by atoms with van der Waals surface area (Å²) < 4.78 is 28.8. The average molecular weight is 570 g/mol. The molecule has 0 unspecified atom stereocenters. The summed E-state index contributed by atoms with van der Waals surface area (Å²) in [6.45, 7) is 7.81. The molecule has 0 saturated heterocycles. The van der Waals surface area contributed by atoms with Crippen molar-refractivity contribution in [2.45, 2.75) is 57.5 Å². The molecule has 0 aromatic heterocycles. The lowest BCUT2D eigenvalue weighted by atomic mass is 10.0. The van der Waals surface area contributed by atoms with E-state index in [-0.39, 0.29) is 23.3 Å². The van der Waals surface area contributed by atoms with Gasteiger partial charge in [-0.2, -0.15) is 0 Å². The molecule has 3 aromatic carbocycles. The van der Waals surface area contributed by atoms with Crippen molar-refractivity contribution in [3.05, 3.63) is 95.0 Å². The molecule has 39 heavy (non-hydrogen) atoms. The molecule has 0 bridgehead atoms. The first-order chi connectivity index (χ1) is 18.6. The van der Waals surface area contributed by atoms with Crippen LogP contribution in [0.15, 0.2) is 83.8 Å². The molecule has 0 fully saturated rings. The van der Waals surface area contributed by atoms with Gasteiger partial charge in [0.15, 0.2) is 0 Å². The third-order valence-electron chi connectivity index (χ3n) is 6.46. The quantitative estimate of drug-likeness (QED) is 0.307. The smallest absolute Gasteiger partial charge is 0.264 e. The minimum atomic E-state index is -4.09. The number of hydrogen-bond acceptors (Lipinski definition) is 4. The number of amides is 2. The zero-order valence-electron chi connectivity index (χ0n) is 22.8. The van der Waals surface area contributed by atoms with E-state index in [1.54, 1.807) is 54.6 Å². The molecule has 0 aliphatic carbocycles. The van der Waals surface area contributed by atoms with Gasteiger partial charge in [-0.25, -0.2) is 8.42 Å². The van der Waals surface area contributed by atoms with Crippen molar-refractivity contribution in [3.8, 4) is 0 Å². The van der Waals surface area contributed by atoms with Crippen molar-refractivity contribution < 1.29 is 18.0 Å². The predicted octanol–water partition coefficient (Wildman–Crippen LogP) is 5.60. The van der Waals surface area contributed by atoms with Crippen LogP contribution in [0.5, 0.6) is 0 Å². The van der Waals surface area contributed by atoms with E-state index in [1.165, 1.54) is 17.0 Å². The normalized spacial score (nSPS) is 12.2. The van der Waals surface area contributed by atoms with Gasteiger partial charge in [0.25, 0.3) is 10.0 Å². The number of carbonyl (C=O) groups excluding carboxylic acids is 2. The number of benzene rings is 3. The minimum Gasteiger partial charge on any atom is -0.355 e. The highest BCUT2D eigenvalue weighted by molar-refractivity contribution is 7.92. The highest BCUT2D eigenvalue weighted by Gasteiger charge is 2.33. The zero-order chi connectivity index (χ0) is 28.6. The van der Waals surface area contributed by atoms with Crippen LogP contribution in [0.4, 0.5) is 5.69 Å². The maximum absolute atomic E-state index is 14.0. The van der Waals surface area contributed by atoms with E-state index in [9.17, 15) is 18.0 Å². The number of sulfonamides is 1. The van der Waals surface area contributed by atoms with Gasteiger partial charge in [-0.15, -0.1) is 0 Å². The Morgan fingerprint density at radius 1 is 0.897 bits per heavy atom. The standard InChI is InChI=1S/C30H36ClN3O4S/c1-5-28(30(36)32-6-2)33(20-23-12-16-25(31)17-13-23)29(35)21-34(26-18-14-24(15-19-26)22(3)4)39(37,38)27-10-8-7-9-11-27/h7-19,22,28H,5-6,20-21H2,1-4H3,(H,32,36)/t28-/m1/s1. The number of halogens is 1. The fourth-order valence-electron chi connectivity index (χ4n) is 4.27.